The Morgan fingerprint density at radius 3 is 2.67 bits per heavy atom. The number of rotatable bonds is 8. The lowest BCUT2D eigenvalue weighted by Crippen LogP contribution is -2.27. The minimum atomic E-state index is -3.58. The molecule has 1 unspecified atom stereocenters. The summed E-state index contributed by atoms with van der Waals surface area (Å²) in [5.41, 5.74) is -0.106. The van der Waals surface area contributed by atoms with Crippen LogP contribution in [0.15, 0.2) is 22.7 Å². The van der Waals surface area contributed by atoms with Crippen LogP contribution < -0.4 is 9.88 Å². The molecule has 1 aromatic rings. The first-order valence-corrected chi connectivity index (χ1v) is 8.81. The molecule has 0 saturated heterocycles. The molecule has 0 fully saturated rings. The topological polar surface area (TPSA) is 113 Å². The summed E-state index contributed by atoms with van der Waals surface area (Å²) < 4.78 is 28.1. The molecular weight excluding hydrogens is 364 g/mol. The van der Waals surface area contributed by atoms with Gasteiger partial charge in [-0.1, -0.05) is 19.4 Å². The molecule has 7 nitrogen and oxygen atoms in total. The van der Waals surface area contributed by atoms with Crippen molar-refractivity contribution in [3.05, 3.63) is 32.8 Å². The Hall–Kier alpha value is -1.19. The summed E-state index contributed by atoms with van der Waals surface area (Å²) >= 11 is 3.12. The average Bonchev–Trinajstić information content (AvgIpc) is 2.35. The van der Waals surface area contributed by atoms with Crippen molar-refractivity contribution in [2.75, 3.05) is 12.4 Å². The van der Waals surface area contributed by atoms with Crippen molar-refractivity contribution in [2.24, 2.45) is 11.1 Å². The van der Waals surface area contributed by atoms with Gasteiger partial charge in [0.1, 0.15) is 10.2 Å². The Morgan fingerprint density at radius 1 is 1.48 bits per heavy atom. The summed E-state index contributed by atoms with van der Waals surface area (Å²) in [7, 11) is -3.58. The third-order valence-corrected chi connectivity index (χ3v) is 4.51. The molecule has 1 rings (SSSR count). The number of sulfonamides is 1. The first kappa shape index (κ1) is 17.9. The molecule has 1 atom stereocenters. The van der Waals surface area contributed by atoms with Gasteiger partial charge in [0, 0.05) is 12.0 Å². The molecule has 0 spiro atoms. The largest absolute Gasteiger partial charge is 0.492 e. The molecule has 0 aliphatic rings. The summed E-state index contributed by atoms with van der Waals surface area (Å²) in [4.78, 5) is 10.3. The molecular formula is C12H17BrN2O5S. The minimum absolute atomic E-state index is 0.106. The molecule has 0 aliphatic heterocycles. The number of primary sulfonamides is 1. The van der Waals surface area contributed by atoms with Crippen molar-refractivity contribution in [3.63, 3.8) is 0 Å². The summed E-state index contributed by atoms with van der Waals surface area (Å²) in [5, 5.41) is 15.9. The second kappa shape index (κ2) is 7.71. The van der Waals surface area contributed by atoms with Gasteiger partial charge in [0.2, 0.25) is 10.0 Å². The summed E-state index contributed by atoms with van der Waals surface area (Å²) in [6, 6.07) is 4.44. The molecule has 0 bridgehead atoms. The Bertz CT molecular complexity index is 606. The number of hydrogen-bond donors (Lipinski definition) is 1. The Kier molecular flexibility index (Phi) is 6.56. The van der Waals surface area contributed by atoms with E-state index < -0.39 is 14.9 Å². The number of halogens is 1. The molecule has 21 heavy (non-hydrogen) atoms. The fourth-order valence-corrected chi connectivity index (χ4v) is 3.35. The Balaban J connectivity index is 2.81. The maximum Gasteiger partial charge on any atom is 0.287 e. The lowest BCUT2D eigenvalue weighted by Gasteiger charge is -2.16. The quantitative estimate of drug-likeness (QED) is 0.549. The molecule has 0 amide bonds. The maximum absolute atomic E-state index is 11.2. The van der Waals surface area contributed by atoms with Gasteiger partial charge < -0.3 is 4.74 Å². The van der Waals surface area contributed by atoms with E-state index in [0.717, 1.165) is 6.42 Å². The van der Waals surface area contributed by atoms with Crippen LogP contribution in [0.3, 0.4) is 0 Å². The second-order valence-electron chi connectivity index (χ2n) is 4.64. The highest BCUT2D eigenvalue weighted by Gasteiger charge is 2.19. The predicted molar refractivity (Wildman–Crippen MR) is 82.7 cm³/mol. The van der Waals surface area contributed by atoms with E-state index in [2.05, 4.69) is 15.9 Å². The van der Waals surface area contributed by atoms with Crippen LogP contribution in [0.25, 0.3) is 0 Å². The molecule has 2 N–H and O–H groups in total. The zero-order valence-corrected chi connectivity index (χ0v) is 13.9. The van der Waals surface area contributed by atoms with Crippen molar-refractivity contribution >= 4 is 31.6 Å². The first-order valence-electron chi connectivity index (χ1n) is 6.30. The van der Waals surface area contributed by atoms with Gasteiger partial charge >= 0.3 is 0 Å². The average molecular weight is 381 g/mol. The number of ether oxygens (including phenoxy) is 1. The summed E-state index contributed by atoms with van der Waals surface area (Å²) in [5.74, 6) is -0.121. The van der Waals surface area contributed by atoms with Crippen molar-refractivity contribution in [1.29, 1.82) is 0 Å². The van der Waals surface area contributed by atoms with Crippen molar-refractivity contribution < 1.29 is 18.1 Å². The highest BCUT2D eigenvalue weighted by molar-refractivity contribution is 9.10. The van der Waals surface area contributed by atoms with Crippen LogP contribution in [0.4, 0.5) is 5.69 Å². The monoisotopic (exact) mass is 380 g/mol. The van der Waals surface area contributed by atoms with Crippen LogP contribution in [0.5, 0.6) is 5.75 Å². The predicted octanol–water partition coefficient (Wildman–Crippen LogP) is 2.44. The number of nitrogens with two attached hydrogens (primary N) is 1. The lowest BCUT2D eigenvalue weighted by molar-refractivity contribution is -0.385. The van der Waals surface area contributed by atoms with Crippen molar-refractivity contribution in [3.8, 4) is 5.75 Å². The third kappa shape index (κ3) is 5.98. The van der Waals surface area contributed by atoms with E-state index in [0.29, 0.717) is 12.2 Å². The van der Waals surface area contributed by atoms with Crippen LogP contribution in [0, 0.1) is 16.0 Å². The van der Waals surface area contributed by atoms with E-state index in [1.807, 2.05) is 6.92 Å². The summed E-state index contributed by atoms with van der Waals surface area (Å²) in [6.07, 6.45) is 1.43. The molecule has 0 saturated carbocycles. The van der Waals surface area contributed by atoms with Crippen LogP contribution >= 0.6 is 15.9 Å². The zero-order valence-electron chi connectivity index (χ0n) is 11.5. The Morgan fingerprint density at radius 2 is 2.14 bits per heavy atom. The number of nitrogens with zero attached hydrogens (tertiary/aromatic N) is 1. The van der Waals surface area contributed by atoms with E-state index >= 15 is 0 Å². The highest BCUT2D eigenvalue weighted by atomic mass is 79.9. The highest BCUT2D eigenvalue weighted by Crippen LogP contribution is 2.34. The van der Waals surface area contributed by atoms with Gasteiger partial charge in [-0.05, 0) is 28.4 Å². The minimum Gasteiger partial charge on any atom is -0.492 e. The number of nitro groups is 1. The number of benzene rings is 1. The lowest BCUT2D eigenvalue weighted by atomic mass is 10.1. The van der Waals surface area contributed by atoms with Crippen molar-refractivity contribution in [1.82, 2.24) is 0 Å². The summed E-state index contributed by atoms with van der Waals surface area (Å²) in [6.45, 7) is 2.06. The van der Waals surface area contributed by atoms with E-state index in [4.69, 9.17) is 9.88 Å². The maximum atomic E-state index is 11.2. The van der Waals surface area contributed by atoms with Crippen molar-refractivity contribution in [2.45, 2.75) is 19.8 Å². The second-order valence-corrected chi connectivity index (χ2v) is 7.09. The third-order valence-electron chi connectivity index (χ3n) is 2.78. The normalized spacial score (nSPS) is 12.9. The fraction of sp³-hybridized carbons (Fsp3) is 0.500. The van der Waals surface area contributed by atoms with Crippen LogP contribution in [0.2, 0.25) is 0 Å². The number of nitro benzene ring substituents is 1. The fourth-order valence-electron chi connectivity index (χ4n) is 1.91. The number of hydrogen-bond acceptors (Lipinski definition) is 5. The smallest absolute Gasteiger partial charge is 0.287 e. The van der Waals surface area contributed by atoms with Gasteiger partial charge in [0.25, 0.3) is 5.69 Å². The van der Waals surface area contributed by atoms with Gasteiger partial charge in [-0.2, -0.15) is 0 Å². The molecule has 1 aromatic carbocycles. The molecule has 0 aromatic heterocycles. The van der Waals surface area contributed by atoms with Gasteiger partial charge in [-0.3, -0.25) is 10.1 Å². The van der Waals surface area contributed by atoms with Gasteiger partial charge in [-0.15, -0.1) is 0 Å². The van der Waals surface area contributed by atoms with E-state index in [-0.39, 0.29) is 28.4 Å². The van der Waals surface area contributed by atoms with Crippen LogP contribution in [0.1, 0.15) is 19.8 Å². The SMILES string of the molecule is CCCC(COc1cccc([N+](=O)[O-])c1Br)CS(N)(=O)=O. The van der Waals surface area contributed by atoms with E-state index in [1.54, 1.807) is 6.07 Å². The molecule has 0 radical (unpaired) electrons. The van der Waals surface area contributed by atoms with Crippen LogP contribution in [-0.4, -0.2) is 25.7 Å². The van der Waals surface area contributed by atoms with E-state index in [1.165, 1.54) is 12.1 Å². The van der Waals surface area contributed by atoms with Crippen LogP contribution in [-0.2, 0) is 10.0 Å². The molecule has 9 heteroatoms. The Labute approximate surface area is 131 Å². The van der Waals surface area contributed by atoms with Gasteiger partial charge in [-0.25, -0.2) is 13.6 Å². The zero-order chi connectivity index (χ0) is 16.0. The van der Waals surface area contributed by atoms with Gasteiger partial charge in [0.15, 0.2) is 0 Å². The molecule has 118 valence electrons. The first-order chi connectivity index (χ1) is 9.74. The van der Waals surface area contributed by atoms with E-state index in [9.17, 15) is 18.5 Å². The van der Waals surface area contributed by atoms with Gasteiger partial charge in [0.05, 0.1) is 17.3 Å². The molecule has 0 heterocycles. The molecule has 0 aliphatic carbocycles. The standard InChI is InChI=1S/C12H17BrN2O5S/c1-2-4-9(8-21(14,18)19)7-20-11-6-3-5-10(12(11)13)15(16)17/h3,5-6,9H,2,4,7-8H2,1H3,(H2,14,18,19).